The number of hydrogen-bond acceptors (Lipinski definition) is 4. The number of nitrogens with zero attached hydrogens (tertiary/aromatic N) is 1. The van der Waals surface area contributed by atoms with E-state index in [9.17, 15) is 4.79 Å². The molecule has 3 aliphatic heterocycles. The summed E-state index contributed by atoms with van der Waals surface area (Å²) in [6, 6.07) is 0.277. The fourth-order valence-electron chi connectivity index (χ4n) is 3.55. The number of β-lactam (4-membered cyclic amide) rings is 1. The summed E-state index contributed by atoms with van der Waals surface area (Å²) in [6.45, 7) is 3.67. The smallest absolute Gasteiger partial charge is 0.226 e. The van der Waals surface area contributed by atoms with Gasteiger partial charge in [-0.3, -0.25) is 4.79 Å². The van der Waals surface area contributed by atoms with Crippen molar-refractivity contribution in [1.29, 1.82) is 0 Å². The topological polar surface area (TPSA) is 48.0 Å². The summed E-state index contributed by atoms with van der Waals surface area (Å²) in [5.41, 5.74) is 0. The summed E-state index contributed by atoms with van der Waals surface area (Å²) in [5.74, 6) is 0.230. The molecule has 21 heavy (non-hydrogen) atoms. The quantitative estimate of drug-likeness (QED) is 0.731. The Hall–Kier alpha value is -0.650. The van der Waals surface area contributed by atoms with Crippen molar-refractivity contribution in [3.63, 3.8) is 0 Å². The van der Waals surface area contributed by atoms with Crippen molar-refractivity contribution in [3.8, 4) is 0 Å². The third kappa shape index (κ3) is 3.76. The van der Waals surface area contributed by atoms with Crippen LogP contribution < -0.4 is 0 Å². The number of hydrogen-bond donors (Lipinski definition) is 0. The van der Waals surface area contributed by atoms with Crippen LogP contribution in [0.2, 0.25) is 0 Å². The SMILES string of the molecule is CC(CC1CC(=O)N1C1CCCCO1)OC1CCCCO1. The van der Waals surface area contributed by atoms with E-state index in [1.54, 1.807) is 0 Å². The van der Waals surface area contributed by atoms with Gasteiger partial charge in [0, 0.05) is 25.7 Å². The molecule has 5 nitrogen and oxygen atoms in total. The van der Waals surface area contributed by atoms with E-state index in [0.717, 1.165) is 51.7 Å². The number of carbonyl (C=O) groups excluding carboxylic acids is 1. The maximum atomic E-state index is 11.9. The zero-order valence-corrected chi connectivity index (χ0v) is 13.0. The number of rotatable bonds is 5. The Bertz CT molecular complexity index is 350. The Morgan fingerprint density at radius 3 is 2.57 bits per heavy atom. The molecule has 0 spiro atoms. The van der Waals surface area contributed by atoms with E-state index >= 15 is 0 Å². The van der Waals surface area contributed by atoms with Crippen LogP contribution in [0.1, 0.15) is 58.3 Å². The molecule has 3 heterocycles. The van der Waals surface area contributed by atoms with Crippen molar-refractivity contribution in [1.82, 2.24) is 4.90 Å². The lowest BCUT2D eigenvalue weighted by Gasteiger charge is -2.47. The molecule has 0 saturated carbocycles. The largest absolute Gasteiger partial charge is 0.358 e. The minimum Gasteiger partial charge on any atom is -0.358 e. The van der Waals surface area contributed by atoms with Gasteiger partial charge < -0.3 is 19.1 Å². The summed E-state index contributed by atoms with van der Waals surface area (Å²) in [4.78, 5) is 13.8. The van der Waals surface area contributed by atoms with Crippen molar-refractivity contribution in [3.05, 3.63) is 0 Å². The first-order valence-corrected chi connectivity index (χ1v) is 8.44. The summed E-state index contributed by atoms with van der Waals surface area (Å²) in [7, 11) is 0. The second-order valence-electron chi connectivity index (χ2n) is 6.46. The highest BCUT2D eigenvalue weighted by molar-refractivity contribution is 5.83. The van der Waals surface area contributed by atoms with Crippen molar-refractivity contribution in [2.75, 3.05) is 13.2 Å². The van der Waals surface area contributed by atoms with E-state index in [1.807, 2.05) is 4.90 Å². The summed E-state index contributed by atoms with van der Waals surface area (Å²) >= 11 is 0. The molecule has 1 amide bonds. The predicted molar refractivity (Wildman–Crippen MR) is 77.6 cm³/mol. The van der Waals surface area contributed by atoms with Gasteiger partial charge in [0.1, 0.15) is 6.23 Å². The van der Waals surface area contributed by atoms with Crippen LogP contribution >= 0.6 is 0 Å². The van der Waals surface area contributed by atoms with Crippen molar-refractivity contribution in [2.45, 2.75) is 83.0 Å². The third-order valence-corrected chi connectivity index (χ3v) is 4.68. The minimum absolute atomic E-state index is 0.00290. The Kier molecular flexibility index (Phi) is 5.14. The second-order valence-corrected chi connectivity index (χ2v) is 6.46. The highest BCUT2D eigenvalue weighted by Crippen LogP contribution is 2.31. The molecular weight excluding hydrogens is 270 g/mol. The molecule has 3 fully saturated rings. The Balaban J connectivity index is 1.46. The van der Waals surface area contributed by atoms with Crippen LogP contribution in [0.15, 0.2) is 0 Å². The van der Waals surface area contributed by atoms with Crippen LogP contribution in [0.5, 0.6) is 0 Å². The van der Waals surface area contributed by atoms with Gasteiger partial charge in [-0.25, -0.2) is 0 Å². The molecule has 0 aromatic carbocycles. The van der Waals surface area contributed by atoms with Gasteiger partial charge in [0.2, 0.25) is 5.91 Å². The van der Waals surface area contributed by atoms with E-state index in [0.29, 0.717) is 6.42 Å². The van der Waals surface area contributed by atoms with E-state index < -0.39 is 0 Å². The lowest BCUT2D eigenvalue weighted by molar-refractivity contribution is -0.199. The number of amides is 1. The van der Waals surface area contributed by atoms with Crippen LogP contribution in [0.25, 0.3) is 0 Å². The van der Waals surface area contributed by atoms with Crippen LogP contribution in [-0.4, -0.2) is 48.7 Å². The van der Waals surface area contributed by atoms with Crippen LogP contribution in [0.4, 0.5) is 0 Å². The first kappa shape index (κ1) is 15.3. The first-order chi connectivity index (χ1) is 10.2. The van der Waals surface area contributed by atoms with E-state index in [1.165, 1.54) is 6.42 Å². The van der Waals surface area contributed by atoms with Gasteiger partial charge in [-0.1, -0.05) is 0 Å². The molecule has 4 unspecified atom stereocenters. The lowest BCUT2D eigenvalue weighted by Crippen LogP contribution is -2.59. The maximum Gasteiger partial charge on any atom is 0.226 e. The van der Waals surface area contributed by atoms with Crippen LogP contribution in [0.3, 0.4) is 0 Å². The van der Waals surface area contributed by atoms with E-state index in [4.69, 9.17) is 14.2 Å². The molecule has 3 saturated heterocycles. The monoisotopic (exact) mass is 297 g/mol. The van der Waals surface area contributed by atoms with Gasteiger partial charge in [0.15, 0.2) is 6.29 Å². The van der Waals surface area contributed by atoms with E-state index in [2.05, 4.69) is 6.92 Å². The van der Waals surface area contributed by atoms with Gasteiger partial charge in [-0.2, -0.15) is 0 Å². The normalized spacial score (nSPS) is 35.4. The number of ether oxygens (including phenoxy) is 3. The average Bonchev–Trinajstić information content (AvgIpc) is 2.48. The molecule has 4 atom stereocenters. The van der Waals surface area contributed by atoms with E-state index in [-0.39, 0.29) is 30.6 Å². The molecule has 3 rings (SSSR count). The molecule has 0 radical (unpaired) electrons. The molecule has 0 bridgehead atoms. The molecule has 0 N–H and O–H groups in total. The minimum atomic E-state index is -0.0519. The van der Waals surface area contributed by atoms with Crippen molar-refractivity contribution >= 4 is 5.91 Å². The summed E-state index contributed by atoms with van der Waals surface area (Å²) < 4.78 is 17.3. The predicted octanol–water partition coefficient (Wildman–Crippen LogP) is 2.44. The fraction of sp³-hybridized carbons (Fsp3) is 0.938. The van der Waals surface area contributed by atoms with Gasteiger partial charge in [-0.05, 0) is 51.9 Å². The zero-order chi connectivity index (χ0) is 14.7. The van der Waals surface area contributed by atoms with Gasteiger partial charge >= 0.3 is 0 Å². The molecule has 5 heteroatoms. The van der Waals surface area contributed by atoms with Crippen molar-refractivity contribution < 1.29 is 19.0 Å². The first-order valence-electron chi connectivity index (χ1n) is 8.44. The highest BCUT2D eigenvalue weighted by Gasteiger charge is 2.42. The fourth-order valence-corrected chi connectivity index (χ4v) is 3.55. The average molecular weight is 297 g/mol. The van der Waals surface area contributed by atoms with Crippen molar-refractivity contribution in [2.24, 2.45) is 0 Å². The van der Waals surface area contributed by atoms with Gasteiger partial charge in [-0.15, -0.1) is 0 Å². The Morgan fingerprint density at radius 1 is 1.19 bits per heavy atom. The number of likely N-dealkylation sites (tertiary alicyclic amines) is 1. The summed E-state index contributed by atoms with van der Waals surface area (Å²) in [6.07, 6.45) is 8.14. The molecule has 0 aliphatic carbocycles. The second kappa shape index (κ2) is 7.07. The standard InChI is InChI=1S/C16H27NO4/c1-12(21-16-7-3-5-9-20-16)10-13-11-14(18)17(13)15-6-2-4-8-19-15/h12-13,15-16H,2-11H2,1H3. The maximum absolute atomic E-state index is 11.9. The van der Waals surface area contributed by atoms with Crippen LogP contribution in [-0.2, 0) is 19.0 Å². The third-order valence-electron chi connectivity index (χ3n) is 4.68. The Morgan fingerprint density at radius 2 is 1.95 bits per heavy atom. The lowest BCUT2D eigenvalue weighted by atomic mass is 9.94. The molecule has 0 aromatic rings. The molecular formula is C16H27NO4. The molecule has 120 valence electrons. The highest BCUT2D eigenvalue weighted by atomic mass is 16.7. The Labute approximate surface area is 126 Å². The molecule has 3 aliphatic rings. The number of carbonyl (C=O) groups is 1. The van der Waals surface area contributed by atoms with Gasteiger partial charge in [0.05, 0.1) is 6.10 Å². The van der Waals surface area contributed by atoms with Crippen LogP contribution in [0, 0.1) is 0 Å². The zero-order valence-electron chi connectivity index (χ0n) is 13.0. The van der Waals surface area contributed by atoms with Gasteiger partial charge in [0.25, 0.3) is 0 Å². The summed E-state index contributed by atoms with van der Waals surface area (Å²) in [5, 5.41) is 0. The molecule has 0 aromatic heterocycles.